The predicted molar refractivity (Wildman–Crippen MR) is 106 cm³/mol. The molecule has 3 aromatic rings. The molecular formula is C21H25N5. The van der Waals surface area contributed by atoms with Crippen molar-refractivity contribution in [3.8, 4) is 0 Å². The van der Waals surface area contributed by atoms with Crippen LogP contribution in [0.2, 0.25) is 0 Å². The Morgan fingerprint density at radius 3 is 2.15 bits per heavy atom. The highest BCUT2D eigenvalue weighted by atomic mass is 15.2. The summed E-state index contributed by atoms with van der Waals surface area (Å²) in [6, 6.07) is 23.3. The fourth-order valence-corrected chi connectivity index (χ4v) is 3.01. The van der Waals surface area contributed by atoms with Gasteiger partial charge in [-0.05, 0) is 23.6 Å². The molecule has 0 amide bonds. The fourth-order valence-electron chi connectivity index (χ4n) is 3.01. The average molecular weight is 347 g/mol. The number of aromatic nitrogens is 2. The average Bonchev–Trinajstić information content (AvgIpc) is 3.22. The van der Waals surface area contributed by atoms with Gasteiger partial charge in [-0.1, -0.05) is 60.7 Å². The highest BCUT2D eigenvalue weighted by Gasteiger charge is 2.13. The summed E-state index contributed by atoms with van der Waals surface area (Å²) in [5.74, 6) is 1.15. The van der Waals surface area contributed by atoms with E-state index in [9.17, 15) is 0 Å². The molecule has 1 heterocycles. The smallest absolute Gasteiger partial charge is 0.191 e. The summed E-state index contributed by atoms with van der Waals surface area (Å²) >= 11 is 0. The van der Waals surface area contributed by atoms with Crippen LogP contribution in [0.25, 0.3) is 0 Å². The molecule has 5 nitrogen and oxygen atoms in total. The second-order valence-corrected chi connectivity index (χ2v) is 6.10. The van der Waals surface area contributed by atoms with Gasteiger partial charge in [-0.15, -0.1) is 0 Å². The Labute approximate surface area is 154 Å². The lowest BCUT2D eigenvalue weighted by Gasteiger charge is -2.19. The topological polar surface area (TPSA) is 65.1 Å². The minimum atomic E-state index is 0.357. The number of nitrogens with one attached hydrogen (secondary N) is 3. The number of hydrogen-bond acceptors (Lipinski definition) is 2. The number of guanidine groups is 1. The van der Waals surface area contributed by atoms with Crippen LogP contribution in [-0.2, 0) is 6.54 Å². The molecule has 5 heteroatoms. The number of rotatable bonds is 7. The first-order chi connectivity index (χ1) is 12.9. The van der Waals surface area contributed by atoms with Gasteiger partial charge in [0, 0.05) is 25.7 Å². The van der Waals surface area contributed by atoms with Gasteiger partial charge in [-0.25, -0.2) is 0 Å². The van der Waals surface area contributed by atoms with E-state index in [-0.39, 0.29) is 0 Å². The minimum absolute atomic E-state index is 0.357. The van der Waals surface area contributed by atoms with E-state index >= 15 is 0 Å². The second kappa shape index (κ2) is 9.42. The van der Waals surface area contributed by atoms with Crippen LogP contribution in [0.4, 0.5) is 0 Å². The first kappa shape index (κ1) is 17.7. The standard InChI is InChI=1S/C21H25N5/c1-22-21(24-16-19-12-15-25-26-19)23-14-13-20(17-8-4-2-5-9-17)18-10-6-3-7-11-18/h2-12,15,20H,13-14,16H2,1H3,(H,25,26)(H2,22,23,24). The molecule has 134 valence electrons. The van der Waals surface area contributed by atoms with Gasteiger partial charge in [0.25, 0.3) is 0 Å². The lowest BCUT2D eigenvalue weighted by molar-refractivity contribution is 0.677. The Bertz CT molecular complexity index is 742. The molecule has 2 aromatic carbocycles. The van der Waals surface area contributed by atoms with E-state index in [1.54, 1.807) is 13.2 Å². The highest BCUT2D eigenvalue weighted by molar-refractivity contribution is 5.79. The normalized spacial score (nSPS) is 11.5. The number of nitrogens with zero attached hydrogens (tertiary/aromatic N) is 2. The van der Waals surface area contributed by atoms with Crippen LogP contribution in [0, 0.1) is 0 Å². The zero-order chi connectivity index (χ0) is 18.0. The Balaban J connectivity index is 1.59. The van der Waals surface area contributed by atoms with Crippen molar-refractivity contribution in [2.45, 2.75) is 18.9 Å². The van der Waals surface area contributed by atoms with Crippen LogP contribution in [0.3, 0.4) is 0 Å². The number of benzene rings is 2. The maximum Gasteiger partial charge on any atom is 0.191 e. The number of hydrogen-bond donors (Lipinski definition) is 3. The van der Waals surface area contributed by atoms with Gasteiger partial charge in [0.2, 0.25) is 0 Å². The van der Waals surface area contributed by atoms with E-state index in [2.05, 4.69) is 86.5 Å². The van der Waals surface area contributed by atoms with Gasteiger partial charge in [0.05, 0.1) is 12.2 Å². The third-order valence-electron chi connectivity index (χ3n) is 4.36. The van der Waals surface area contributed by atoms with Crippen molar-refractivity contribution in [2.24, 2.45) is 4.99 Å². The molecule has 0 aliphatic heterocycles. The molecule has 0 aliphatic rings. The van der Waals surface area contributed by atoms with Gasteiger partial charge in [-0.3, -0.25) is 10.1 Å². The third kappa shape index (κ3) is 4.96. The molecule has 3 N–H and O–H groups in total. The minimum Gasteiger partial charge on any atom is -0.356 e. The molecule has 0 fully saturated rings. The Hall–Kier alpha value is -3.08. The molecule has 0 saturated carbocycles. The Morgan fingerprint density at radius 1 is 0.962 bits per heavy atom. The lowest BCUT2D eigenvalue weighted by atomic mass is 9.88. The van der Waals surface area contributed by atoms with Crippen LogP contribution in [-0.4, -0.2) is 29.7 Å². The summed E-state index contributed by atoms with van der Waals surface area (Å²) in [6.07, 6.45) is 2.73. The summed E-state index contributed by atoms with van der Waals surface area (Å²) in [4.78, 5) is 4.29. The molecule has 0 bridgehead atoms. The number of aliphatic imine (C=N–C) groups is 1. The quantitative estimate of drug-likeness (QED) is 0.454. The molecule has 0 atom stereocenters. The van der Waals surface area contributed by atoms with Crippen molar-refractivity contribution in [1.29, 1.82) is 0 Å². The molecule has 1 aromatic heterocycles. The fraction of sp³-hybridized carbons (Fsp3) is 0.238. The first-order valence-corrected chi connectivity index (χ1v) is 8.89. The van der Waals surface area contributed by atoms with Crippen LogP contribution >= 0.6 is 0 Å². The highest BCUT2D eigenvalue weighted by Crippen LogP contribution is 2.27. The summed E-state index contributed by atoms with van der Waals surface area (Å²) < 4.78 is 0. The zero-order valence-corrected chi connectivity index (χ0v) is 15.0. The Morgan fingerprint density at radius 2 is 1.62 bits per heavy atom. The molecule has 0 saturated heterocycles. The summed E-state index contributed by atoms with van der Waals surface area (Å²) in [7, 11) is 1.79. The monoisotopic (exact) mass is 347 g/mol. The first-order valence-electron chi connectivity index (χ1n) is 8.89. The largest absolute Gasteiger partial charge is 0.356 e. The van der Waals surface area contributed by atoms with Crippen molar-refractivity contribution in [1.82, 2.24) is 20.8 Å². The van der Waals surface area contributed by atoms with Crippen molar-refractivity contribution in [3.05, 3.63) is 89.7 Å². The summed E-state index contributed by atoms with van der Waals surface area (Å²) in [5, 5.41) is 13.6. The molecule has 0 spiro atoms. The van der Waals surface area contributed by atoms with E-state index in [0.29, 0.717) is 12.5 Å². The molecule has 0 aliphatic carbocycles. The molecular weight excluding hydrogens is 322 g/mol. The zero-order valence-electron chi connectivity index (χ0n) is 15.0. The molecule has 3 rings (SSSR count). The van der Waals surface area contributed by atoms with E-state index in [0.717, 1.165) is 24.6 Å². The van der Waals surface area contributed by atoms with Gasteiger partial charge >= 0.3 is 0 Å². The van der Waals surface area contributed by atoms with Gasteiger partial charge in [0.1, 0.15) is 0 Å². The summed E-state index contributed by atoms with van der Waals surface area (Å²) in [5.41, 5.74) is 3.70. The predicted octanol–water partition coefficient (Wildman–Crippen LogP) is 3.30. The van der Waals surface area contributed by atoms with Crippen LogP contribution in [0.5, 0.6) is 0 Å². The Kier molecular flexibility index (Phi) is 6.42. The SMILES string of the molecule is CN=C(NCCC(c1ccccc1)c1ccccc1)NCc1ccn[nH]1. The second-order valence-electron chi connectivity index (χ2n) is 6.10. The molecule has 0 unspecified atom stereocenters. The summed E-state index contributed by atoms with van der Waals surface area (Å²) in [6.45, 7) is 1.50. The maximum atomic E-state index is 4.29. The lowest BCUT2D eigenvalue weighted by Crippen LogP contribution is -2.37. The van der Waals surface area contributed by atoms with E-state index < -0.39 is 0 Å². The van der Waals surface area contributed by atoms with E-state index in [1.807, 2.05) is 6.07 Å². The van der Waals surface area contributed by atoms with Crippen LogP contribution in [0.1, 0.15) is 29.2 Å². The van der Waals surface area contributed by atoms with Crippen LogP contribution in [0.15, 0.2) is 77.9 Å². The molecule has 26 heavy (non-hydrogen) atoms. The van der Waals surface area contributed by atoms with Crippen molar-refractivity contribution >= 4 is 5.96 Å². The van der Waals surface area contributed by atoms with Crippen molar-refractivity contribution in [3.63, 3.8) is 0 Å². The van der Waals surface area contributed by atoms with E-state index in [1.165, 1.54) is 11.1 Å². The van der Waals surface area contributed by atoms with Crippen molar-refractivity contribution < 1.29 is 0 Å². The van der Waals surface area contributed by atoms with Crippen molar-refractivity contribution in [2.75, 3.05) is 13.6 Å². The van der Waals surface area contributed by atoms with Gasteiger partial charge in [0.15, 0.2) is 5.96 Å². The third-order valence-corrected chi connectivity index (χ3v) is 4.36. The van der Waals surface area contributed by atoms with Crippen LogP contribution < -0.4 is 10.6 Å². The molecule has 0 radical (unpaired) electrons. The van der Waals surface area contributed by atoms with Gasteiger partial charge < -0.3 is 10.6 Å². The number of aromatic amines is 1. The maximum absolute atomic E-state index is 4.29. The number of H-pyrrole nitrogens is 1. The van der Waals surface area contributed by atoms with E-state index in [4.69, 9.17) is 0 Å². The van der Waals surface area contributed by atoms with Gasteiger partial charge in [-0.2, -0.15) is 5.10 Å².